The van der Waals surface area contributed by atoms with Gasteiger partial charge in [0.2, 0.25) is 0 Å². The first-order chi connectivity index (χ1) is 10.2. The molecule has 2 aromatic heterocycles. The minimum Gasteiger partial charge on any atom is -0.297 e. The zero-order chi connectivity index (χ0) is 14.8. The van der Waals surface area contributed by atoms with E-state index in [-0.39, 0.29) is 17.3 Å². The lowest BCUT2D eigenvalue weighted by atomic mass is 10.1. The van der Waals surface area contributed by atoms with Crippen LogP contribution in [0.1, 0.15) is 4.88 Å². The first-order valence-corrected chi connectivity index (χ1v) is 7.53. The Morgan fingerprint density at radius 1 is 1.10 bits per heavy atom. The third-order valence-electron chi connectivity index (χ3n) is 3.10. The average Bonchev–Trinajstić information content (AvgIpc) is 2.97. The van der Waals surface area contributed by atoms with Crippen LogP contribution < -0.4 is 11.2 Å². The lowest BCUT2D eigenvalue weighted by Crippen LogP contribution is -2.36. The molecule has 3 rings (SSSR count). The predicted octanol–water partition coefficient (Wildman–Crippen LogP) is 2.97. The van der Waals surface area contributed by atoms with Crippen molar-refractivity contribution in [2.45, 2.75) is 6.54 Å². The summed E-state index contributed by atoms with van der Waals surface area (Å²) in [6, 6.07) is 12.8. The second kappa shape index (κ2) is 5.71. The molecule has 0 saturated carbocycles. The highest BCUT2D eigenvalue weighted by molar-refractivity contribution is 7.09. The Hall–Kier alpha value is -2.11. The SMILES string of the molecule is O=c1[nH]c(Cl)c(-c2ccccc2)c(=O)n1Cc1cccs1. The van der Waals surface area contributed by atoms with Gasteiger partial charge >= 0.3 is 5.69 Å². The van der Waals surface area contributed by atoms with Crippen LogP contribution in [-0.4, -0.2) is 9.55 Å². The van der Waals surface area contributed by atoms with Crippen molar-refractivity contribution in [3.8, 4) is 11.1 Å². The Morgan fingerprint density at radius 2 is 1.86 bits per heavy atom. The molecular formula is C15H11ClN2O2S. The predicted molar refractivity (Wildman–Crippen MR) is 85.2 cm³/mol. The second-order valence-electron chi connectivity index (χ2n) is 4.46. The zero-order valence-corrected chi connectivity index (χ0v) is 12.4. The van der Waals surface area contributed by atoms with Crippen molar-refractivity contribution in [3.05, 3.63) is 78.7 Å². The Labute approximate surface area is 129 Å². The van der Waals surface area contributed by atoms with Crippen LogP contribution in [0.4, 0.5) is 0 Å². The van der Waals surface area contributed by atoms with Crippen LogP contribution in [0.3, 0.4) is 0 Å². The number of aromatic nitrogens is 2. The molecule has 0 spiro atoms. The van der Waals surface area contributed by atoms with Gasteiger partial charge in [0.1, 0.15) is 5.15 Å². The fourth-order valence-electron chi connectivity index (χ4n) is 2.10. The van der Waals surface area contributed by atoms with Crippen molar-refractivity contribution < 1.29 is 0 Å². The van der Waals surface area contributed by atoms with Crippen LogP contribution in [0, 0.1) is 0 Å². The van der Waals surface area contributed by atoms with Crippen LogP contribution in [-0.2, 0) is 6.54 Å². The number of nitrogens with zero attached hydrogens (tertiary/aromatic N) is 1. The number of rotatable bonds is 3. The third kappa shape index (κ3) is 2.70. The maximum absolute atomic E-state index is 12.6. The summed E-state index contributed by atoms with van der Waals surface area (Å²) in [6.45, 7) is 0.239. The maximum atomic E-state index is 12.6. The van der Waals surface area contributed by atoms with Gasteiger partial charge in [0, 0.05) is 4.88 Å². The van der Waals surface area contributed by atoms with E-state index in [1.807, 2.05) is 35.7 Å². The van der Waals surface area contributed by atoms with E-state index in [1.54, 1.807) is 12.1 Å². The maximum Gasteiger partial charge on any atom is 0.329 e. The van der Waals surface area contributed by atoms with Crippen LogP contribution in [0.25, 0.3) is 11.1 Å². The molecule has 0 saturated heterocycles. The van der Waals surface area contributed by atoms with Crippen LogP contribution in [0.15, 0.2) is 57.4 Å². The quantitative estimate of drug-likeness (QED) is 0.755. The zero-order valence-electron chi connectivity index (χ0n) is 10.9. The summed E-state index contributed by atoms with van der Waals surface area (Å²) in [5.74, 6) is 0. The van der Waals surface area contributed by atoms with Gasteiger partial charge in [-0.05, 0) is 17.0 Å². The standard InChI is InChI=1S/C15H11ClN2O2S/c16-13-12(10-5-2-1-3-6-10)14(19)18(15(20)17-13)9-11-7-4-8-21-11/h1-8H,9H2,(H,17,20). The monoisotopic (exact) mass is 318 g/mol. The van der Waals surface area contributed by atoms with Crippen LogP contribution in [0.2, 0.25) is 5.15 Å². The van der Waals surface area contributed by atoms with Gasteiger partial charge in [-0.15, -0.1) is 11.3 Å². The Balaban J connectivity index is 2.19. The number of benzene rings is 1. The lowest BCUT2D eigenvalue weighted by molar-refractivity contribution is 0.709. The van der Waals surface area contributed by atoms with Gasteiger partial charge in [-0.25, -0.2) is 4.79 Å². The summed E-state index contributed by atoms with van der Waals surface area (Å²) in [4.78, 5) is 28.1. The fraction of sp³-hybridized carbons (Fsp3) is 0.0667. The molecule has 0 aliphatic carbocycles. The number of H-pyrrole nitrogens is 1. The van der Waals surface area contributed by atoms with E-state index in [9.17, 15) is 9.59 Å². The summed E-state index contributed by atoms with van der Waals surface area (Å²) in [5, 5.41) is 1.97. The number of thiophene rings is 1. The normalized spacial score (nSPS) is 10.7. The van der Waals surface area contributed by atoms with Crippen molar-refractivity contribution in [2.24, 2.45) is 0 Å². The molecule has 106 valence electrons. The number of aromatic amines is 1. The molecule has 0 aliphatic rings. The molecule has 0 fully saturated rings. The number of halogens is 1. The van der Waals surface area contributed by atoms with Gasteiger partial charge in [0.05, 0.1) is 12.1 Å². The smallest absolute Gasteiger partial charge is 0.297 e. The van der Waals surface area contributed by atoms with Crippen molar-refractivity contribution in [3.63, 3.8) is 0 Å². The van der Waals surface area contributed by atoms with Gasteiger partial charge in [-0.3, -0.25) is 14.3 Å². The molecular weight excluding hydrogens is 308 g/mol. The van der Waals surface area contributed by atoms with Crippen LogP contribution in [0.5, 0.6) is 0 Å². The summed E-state index contributed by atoms with van der Waals surface area (Å²) in [5.41, 5.74) is 0.110. The van der Waals surface area contributed by atoms with Gasteiger partial charge in [-0.1, -0.05) is 48.0 Å². The van der Waals surface area contributed by atoms with Crippen molar-refractivity contribution in [1.82, 2.24) is 9.55 Å². The molecule has 21 heavy (non-hydrogen) atoms. The van der Waals surface area contributed by atoms with Gasteiger partial charge in [-0.2, -0.15) is 0 Å². The highest BCUT2D eigenvalue weighted by Crippen LogP contribution is 2.21. The number of nitrogens with one attached hydrogen (secondary N) is 1. The average molecular weight is 319 g/mol. The summed E-state index contributed by atoms with van der Waals surface area (Å²) in [7, 11) is 0. The Kier molecular flexibility index (Phi) is 3.77. The fourth-order valence-corrected chi connectivity index (χ4v) is 3.07. The number of hydrogen-bond acceptors (Lipinski definition) is 3. The highest BCUT2D eigenvalue weighted by atomic mass is 35.5. The molecule has 1 N–H and O–H groups in total. The van der Waals surface area contributed by atoms with E-state index in [0.717, 1.165) is 4.88 Å². The third-order valence-corrected chi connectivity index (χ3v) is 4.24. The minimum atomic E-state index is -0.502. The summed E-state index contributed by atoms with van der Waals surface area (Å²) < 4.78 is 1.17. The molecule has 0 atom stereocenters. The topological polar surface area (TPSA) is 54.9 Å². The minimum absolute atomic E-state index is 0.0682. The molecule has 0 amide bonds. The first kappa shape index (κ1) is 13.9. The molecule has 0 bridgehead atoms. The van der Waals surface area contributed by atoms with Gasteiger partial charge in [0.15, 0.2) is 0 Å². The molecule has 3 aromatic rings. The molecule has 2 heterocycles. The largest absolute Gasteiger partial charge is 0.329 e. The van der Waals surface area contributed by atoms with E-state index >= 15 is 0 Å². The first-order valence-electron chi connectivity index (χ1n) is 6.27. The van der Waals surface area contributed by atoms with Gasteiger partial charge < -0.3 is 0 Å². The van der Waals surface area contributed by atoms with E-state index in [2.05, 4.69) is 4.98 Å². The van der Waals surface area contributed by atoms with E-state index in [0.29, 0.717) is 11.1 Å². The summed E-state index contributed by atoms with van der Waals surface area (Å²) in [6.07, 6.45) is 0. The Bertz CT molecular complexity index is 867. The van der Waals surface area contributed by atoms with Crippen molar-refractivity contribution in [2.75, 3.05) is 0 Å². The molecule has 0 radical (unpaired) electrons. The van der Waals surface area contributed by atoms with Crippen LogP contribution >= 0.6 is 22.9 Å². The van der Waals surface area contributed by atoms with E-state index in [4.69, 9.17) is 11.6 Å². The van der Waals surface area contributed by atoms with Crippen molar-refractivity contribution >= 4 is 22.9 Å². The molecule has 0 aliphatic heterocycles. The van der Waals surface area contributed by atoms with E-state index in [1.165, 1.54) is 15.9 Å². The highest BCUT2D eigenvalue weighted by Gasteiger charge is 2.14. The van der Waals surface area contributed by atoms with Crippen molar-refractivity contribution in [1.29, 1.82) is 0 Å². The van der Waals surface area contributed by atoms with Gasteiger partial charge in [0.25, 0.3) is 5.56 Å². The Morgan fingerprint density at radius 3 is 2.52 bits per heavy atom. The number of hydrogen-bond donors (Lipinski definition) is 1. The molecule has 0 unspecified atom stereocenters. The van der Waals surface area contributed by atoms with E-state index < -0.39 is 5.69 Å². The lowest BCUT2D eigenvalue weighted by Gasteiger charge is -2.08. The summed E-state index contributed by atoms with van der Waals surface area (Å²) >= 11 is 7.55. The molecule has 4 nitrogen and oxygen atoms in total. The molecule has 6 heteroatoms. The second-order valence-corrected chi connectivity index (χ2v) is 5.87. The molecule has 1 aromatic carbocycles.